The van der Waals surface area contributed by atoms with Crippen molar-refractivity contribution in [1.29, 1.82) is 0 Å². The summed E-state index contributed by atoms with van der Waals surface area (Å²) in [5, 5.41) is 0. The van der Waals surface area contributed by atoms with Gasteiger partial charge in [-0.1, -0.05) is 12.1 Å². The molecule has 0 aliphatic heterocycles. The molecule has 1 aliphatic carbocycles. The fourth-order valence-electron chi connectivity index (χ4n) is 4.25. The van der Waals surface area contributed by atoms with E-state index in [4.69, 9.17) is 0 Å². The fourth-order valence-corrected chi connectivity index (χ4v) is 6.78. The van der Waals surface area contributed by atoms with E-state index in [9.17, 15) is 4.57 Å². The van der Waals surface area contributed by atoms with Gasteiger partial charge in [-0.2, -0.15) is 0 Å². The summed E-state index contributed by atoms with van der Waals surface area (Å²) in [6, 6.07) is 14.2. The first kappa shape index (κ1) is 20.1. The summed E-state index contributed by atoms with van der Waals surface area (Å²) in [7, 11) is -2.33. The van der Waals surface area contributed by atoms with Gasteiger partial charge in [0.2, 0.25) is 0 Å². The lowest BCUT2D eigenvalue weighted by Gasteiger charge is -2.21. The molecule has 0 saturated carbocycles. The second-order valence-corrected chi connectivity index (χ2v) is 11.5. The third-order valence-electron chi connectivity index (χ3n) is 6.03. The monoisotopic (exact) mass is 407 g/mol. The number of nitrogens with zero attached hydrogens (tertiary/aromatic N) is 3. The van der Waals surface area contributed by atoms with Crippen LogP contribution in [0.3, 0.4) is 0 Å². The normalized spacial score (nSPS) is 13.9. The van der Waals surface area contributed by atoms with Crippen molar-refractivity contribution < 1.29 is 4.57 Å². The Morgan fingerprint density at radius 2 is 1.48 bits per heavy atom. The van der Waals surface area contributed by atoms with Gasteiger partial charge in [0, 0.05) is 60.7 Å². The zero-order valence-electron chi connectivity index (χ0n) is 17.0. The van der Waals surface area contributed by atoms with Gasteiger partial charge >= 0.3 is 0 Å². The first-order valence-corrected chi connectivity index (χ1v) is 13.0. The van der Waals surface area contributed by atoms with Gasteiger partial charge in [-0.15, -0.1) is 0 Å². The van der Waals surface area contributed by atoms with Crippen molar-refractivity contribution in [2.75, 3.05) is 18.5 Å². The van der Waals surface area contributed by atoms with Gasteiger partial charge in [0.15, 0.2) is 0 Å². The zero-order chi connectivity index (χ0) is 19.9. The molecule has 0 unspecified atom stereocenters. The Kier molecular flexibility index (Phi) is 6.61. The predicted octanol–water partition coefficient (Wildman–Crippen LogP) is 5.01. The lowest BCUT2D eigenvalue weighted by atomic mass is 9.98. The van der Waals surface area contributed by atoms with Crippen molar-refractivity contribution in [3.8, 4) is 0 Å². The molecule has 0 N–H and O–H groups in total. The highest BCUT2D eigenvalue weighted by atomic mass is 31.2. The molecule has 0 amide bonds. The number of fused-ring (bicyclic) bond motifs is 1. The quantitative estimate of drug-likeness (QED) is 0.469. The van der Waals surface area contributed by atoms with Crippen LogP contribution >= 0.6 is 7.14 Å². The molecule has 0 radical (unpaired) electrons. The van der Waals surface area contributed by atoms with Crippen molar-refractivity contribution in [3.05, 3.63) is 83.7 Å². The smallest absolute Gasteiger partial charge is 0.0902 e. The molecule has 0 atom stereocenters. The molecule has 152 valence electrons. The van der Waals surface area contributed by atoms with Crippen molar-refractivity contribution in [2.45, 2.75) is 45.1 Å². The first-order chi connectivity index (χ1) is 14.2. The minimum atomic E-state index is -2.33. The lowest BCUT2D eigenvalue weighted by Crippen LogP contribution is -2.13. The van der Waals surface area contributed by atoms with E-state index >= 15 is 0 Å². The van der Waals surface area contributed by atoms with Crippen molar-refractivity contribution in [1.82, 2.24) is 14.5 Å². The molecule has 3 aromatic heterocycles. The van der Waals surface area contributed by atoms with Gasteiger partial charge in [-0.25, -0.2) is 0 Å². The molecule has 4 nitrogen and oxygen atoms in total. The van der Waals surface area contributed by atoms with Crippen LogP contribution in [-0.2, 0) is 36.8 Å². The number of pyridine rings is 2. The number of aromatic nitrogens is 3. The van der Waals surface area contributed by atoms with Gasteiger partial charge in [0.1, 0.15) is 0 Å². The van der Waals surface area contributed by atoms with Crippen LogP contribution in [0.1, 0.15) is 35.5 Å². The van der Waals surface area contributed by atoms with Gasteiger partial charge in [0.05, 0.1) is 7.14 Å². The molecule has 3 aromatic rings. The summed E-state index contributed by atoms with van der Waals surface area (Å²) >= 11 is 0. The van der Waals surface area contributed by atoms with Crippen LogP contribution in [0.2, 0.25) is 0 Å². The van der Waals surface area contributed by atoms with E-state index in [1.54, 1.807) is 0 Å². The highest BCUT2D eigenvalue weighted by Gasteiger charge is 2.23. The average Bonchev–Trinajstić information content (AvgIpc) is 3.20. The second kappa shape index (κ2) is 9.54. The van der Waals surface area contributed by atoms with Crippen LogP contribution in [0.15, 0.2) is 61.1 Å². The van der Waals surface area contributed by atoms with Crippen molar-refractivity contribution in [2.24, 2.45) is 0 Å². The van der Waals surface area contributed by atoms with Gasteiger partial charge in [-0.05, 0) is 74.4 Å². The maximum Gasteiger partial charge on any atom is 0.0902 e. The molecule has 1 aliphatic rings. The molecule has 0 fully saturated rings. The second-order valence-electron chi connectivity index (χ2n) is 8.06. The molecule has 5 heteroatoms. The molecule has 0 spiro atoms. The molecule has 0 saturated heterocycles. The molecule has 3 heterocycles. The molecule has 0 bridgehead atoms. The maximum absolute atomic E-state index is 14.0. The van der Waals surface area contributed by atoms with Crippen molar-refractivity contribution in [3.63, 3.8) is 0 Å². The van der Waals surface area contributed by atoms with E-state index in [0.717, 1.165) is 55.7 Å². The number of rotatable bonds is 9. The van der Waals surface area contributed by atoms with Gasteiger partial charge < -0.3 is 9.13 Å². The first-order valence-electron chi connectivity index (χ1n) is 10.8. The number of aryl methyl sites for hydroxylation is 4. The third kappa shape index (κ3) is 5.45. The van der Waals surface area contributed by atoms with E-state index in [0.29, 0.717) is 0 Å². The van der Waals surface area contributed by atoms with Crippen LogP contribution in [0.5, 0.6) is 0 Å². The Bertz CT molecular complexity index is 905. The zero-order valence-corrected chi connectivity index (χ0v) is 17.9. The average molecular weight is 407 g/mol. The number of hydrogen-bond acceptors (Lipinski definition) is 3. The SMILES string of the molecule is O=P(CCc1ccccn1)(CCc1ccccn1)CCn1ccc2c1CCCC2. The molecular formula is C24H30N3OP. The van der Waals surface area contributed by atoms with E-state index < -0.39 is 7.14 Å². The number of hydrogen-bond donors (Lipinski definition) is 0. The molecule has 4 rings (SSSR count). The third-order valence-corrected chi connectivity index (χ3v) is 9.13. The standard InChI is InChI=1S/C24H30N3OP/c28-29(18-12-22-8-3-5-14-25-22,19-13-23-9-4-6-15-26-23)20-17-27-16-11-21-7-1-2-10-24(21)27/h3-6,8-9,11,14-16H,1-2,7,10,12-13,17-20H2. The summed E-state index contributed by atoms with van der Waals surface area (Å²) in [6.45, 7) is 0.858. The minimum absolute atomic E-state index is 0.723. The fraction of sp³-hybridized carbons (Fsp3) is 0.417. The molecule has 29 heavy (non-hydrogen) atoms. The summed E-state index contributed by atoms with van der Waals surface area (Å²) in [6.07, 6.45) is 14.5. The summed E-state index contributed by atoms with van der Waals surface area (Å²) in [5.74, 6) is 0. The van der Waals surface area contributed by atoms with Crippen LogP contribution in [-0.4, -0.2) is 33.0 Å². The van der Waals surface area contributed by atoms with Gasteiger partial charge in [-0.3, -0.25) is 9.97 Å². The summed E-state index contributed by atoms with van der Waals surface area (Å²) in [4.78, 5) is 8.86. The van der Waals surface area contributed by atoms with E-state index in [1.165, 1.54) is 30.5 Å². The molecular weight excluding hydrogens is 377 g/mol. The summed E-state index contributed by atoms with van der Waals surface area (Å²) in [5.41, 5.74) is 5.03. The van der Waals surface area contributed by atoms with Crippen LogP contribution in [0, 0.1) is 0 Å². The Morgan fingerprint density at radius 1 is 0.828 bits per heavy atom. The Hall–Kier alpha value is -2.19. The lowest BCUT2D eigenvalue weighted by molar-refractivity contribution is 0.564. The van der Waals surface area contributed by atoms with Gasteiger partial charge in [0.25, 0.3) is 0 Å². The maximum atomic E-state index is 14.0. The van der Waals surface area contributed by atoms with Crippen LogP contribution in [0.4, 0.5) is 0 Å². The van der Waals surface area contributed by atoms with E-state index in [-0.39, 0.29) is 0 Å². The van der Waals surface area contributed by atoms with Crippen LogP contribution < -0.4 is 0 Å². The highest BCUT2D eigenvalue weighted by Crippen LogP contribution is 2.46. The molecule has 0 aromatic carbocycles. The van der Waals surface area contributed by atoms with Crippen LogP contribution in [0.25, 0.3) is 0 Å². The topological polar surface area (TPSA) is 47.8 Å². The Labute approximate surface area is 173 Å². The minimum Gasteiger partial charge on any atom is -0.351 e. The Morgan fingerprint density at radius 3 is 2.10 bits per heavy atom. The Balaban J connectivity index is 1.44. The van der Waals surface area contributed by atoms with Crippen molar-refractivity contribution >= 4 is 7.14 Å². The largest absolute Gasteiger partial charge is 0.351 e. The summed E-state index contributed by atoms with van der Waals surface area (Å²) < 4.78 is 16.3. The predicted molar refractivity (Wildman–Crippen MR) is 119 cm³/mol. The van der Waals surface area contributed by atoms with E-state index in [1.807, 2.05) is 48.8 Å². The van der Waals surface area contributed by atoms with E-state index in [2.05, 4.69) is 26.8 Å². The highest BCUT2D eigenvalue weighted by molar-refractivity contribution is 7.63.